The number of aryl methyl sites for hydroxylation is 1. The first kappa shape index (κ1) is 23.7. The number of halogens is 1. The highest BCUT2D eigenvalue weighted by atomic mass is 127. The Balaban J connectivity index is 0.00000320. The molecule has 3 N–H and O–H groups in total. The van der Waals surface area contributed by atoms with Crippen LogP contribution in [-0.2, 0) is 17.8 Å². The van der Waals surface area contributed by atoms with Gasteiger partial charge in [-0.15, -0.1) is 24.0 Å². The maximum Gasteiger partial charge on any atom is 0.241 e. The van der Waals surface area contributed by atoms with Crippen LogP contribution in [0.25, 0.3) is 10.9 Å². The molecule has 0 spiro atoms. The Kier molecular flexibility index (Phi) is 9.16. The molecular formula is C23H30IN5O. The van der Waals surface area contributed by atoms with Gasteiger partial charge in [0.15, 0.2) is 5.96 Å². The molecule has 0 aliphatic heterocycles. The molecule has 0 saturated heterocycles. The van der Waals surface area contributed by atoms with E-state index >= 15 is 0 Å². The number of carbonyl (C=O) groups is 1. The first-order valence-electron chi connectivity index (χ1n) is 9.86. The number of nitrogens with one attached hydrogen (secondary N) is 3. The summed E-state index contributed by atoms with van der Waals surface area (Å²) in [6, 6.07) is 16.4. The van der Waals surface area contributed by atoms with Crippen molar-refractivity contribution >= 4 is 46.7 Å². The fraction of sp³-hybridized carbons (Fsp3) is 0.304. The van der Waals surface area contributed by atoms with E-state index in [2.05, 4.69) is 51.9 Å². The van der Waals surface area contributed by atoms with Gasteiger partial charge in [0.2, 0.25) is 5.91 Å². The van der Waals surface area contributed by atoms with E-state index in [1.807, 2.05) is 30.3 Å². The zero-order valence-electron chi connectivity index (χ0n) is 17.7. The lowest BCUT2D eigenvalue weighted by molar-refractivity contribution is -0.127. The number of aliphatic imine (C=N–C) groups is 1. The van der Waals surface area contributed by atoms with E-state index in [-0.39, 0.29) is 36.4 Å². The number of carbonyl (C=O) groups excluding carboxylic acids is 1. The minimum absolute atomic E-state index is 0. The van der Waals surface area contributed by atoms with Crippen LogP contribution in [0.4, 0.5) is 0 Å². The molecule has 1 amide bonds. The summed E-state index contributed by atoms with van der Waals surface area (Å²) in [5.74, 6) is 0.645. The van der Waals surface area contributed by atoms with Crippen molar-refractivity contribution in [3.8, 4) is 0 Å². The summed E-state index contributed by atoms with van der Waals surface area (Å²) in [4.78, 5) is 21.5. The Morgan fingerprint density at radius 2 is 1.83 bits per heavy atom. The summed E-state index contributed by atoms with van der Waals surface area (Å²) in [7, 11) is 3.50. The molecule has 3 rings (SSSR count). The van der Waals surface area contributed by atoms with E-state index in [9.17, 15) is 4.79 Å². The zero-order valence-corrected chi connectivity index (χ0v) is 20.1. The molecule has 160 valence electrons. The van der Waals surface area contributed by atoms with Crippen LogP contribution >= 0.6 is 24.0 Å². The van der Waals surface area contributed by atoms with Gasteiger partial charge in [-0.1, -0.05) is 42.5 Å². The highest BCUT2D eigenvalue weighted by Gasteiger charge is 2.08. The third-order valence-corrected chi connectivity index (χ3v) is 4.85. The molecule has 0 radical (unpaired) electrons. The van der Waals surface area contributed by atoms with Gasteiger partial charge in [0, 0.05) is 37.7 Å². The molecule has 30 heavy (non-hydrogen) atoms. The molecular weight excluding hydrogens is 489 g/mol. The summed E-state index contributed by atoms with van der Waals surface area (Å²) in [5, 5.41) is 7.79. The van der Waals surface area contributed by atoms with Crippen molar-refractivity contribution in [2.24, 2.45) is 4.99 Å². The molecule has 1 heterocycles. The Hall–Kier alpha value is -2.55. The summed E-state index contributed by atoms with van der Waals surface area (Å²) in [5.41, 5.74) is 4.83. The van der Waals surface area contributed by atoms with Crippen LogP contribution in [0, 0.1) is 6.92 Å². The number of guanidine groups is 1. The first-order chi connectivity index (χ1) is 14.0. The number of nitrogens with zero attached hydrogens (tertiary/aromatic N) is 2. The minimum Gasteiger partial charge on any atom is -0.361 e. The molecule has 3 aromatic rings. The third kappa shape index (κ3) is 6.48. The number of aromatic nitrogens is 1. The molecule has 6 nitrogen and oxygen atoms in total. The van der Waals surface area contributed by atoms with Crippen molar-refractivity contribution < 1.29 is 4.79 Å². The number of fused-ring (bicyclic) bond motifs is 1. The molecule has 0 aliphatic rings. The molecule has 1 aromatic heterocycles. The molecule has 7 heteroatoms. The SMILES string of the molecule is Cc1cccc2[nH]cc(CCNC(=NCc3ccccc3)NCC(=O)N(C)C)c12.I. The first-order valence-corrected chi connectivity index (χ1v) is 9.86. The smallest absolute Gasteiger partial charge is 0.241 e. The zero-order chi connectivity index (χ0) is 20.6. The molecule has 0 unspecified atom stereocenters. The van der Waals surface area contributed by atoms with Gasteiger partial charge in [-0.2, -0.15) is 0 Å². The topological polar surface area (TPSA) is 72.5 Å². The van der Waals surface area contributed by atoms with Crippen LogP contribution in [-0.4, -0.2) is 48.9 Å². The number of amides is 1. The number of aromatic amines is 1. The van der Waals surface area contributed by atoms with Crippen LogP contribution in [0.15, 0.2) is 59.7 Å². The van der Waals surface area contributed by atoms with E-state index in [0.717, 1.165) is 24.0 Å². The van der Waals surface area contributed by atoms with Crippen LogP contribution < -0.4 is 10.6 Å². The Morgan fingerprint density at radius 3 is 2.57 bits per heavy atom. The Labute approximate surface area is 195 Å². The molecule has 0 fully saturated rings. The average molecular weight is 519 g/mol. The van der Waals surface area contributed by atoms with Crippen molar-refractivity contribution in [1.29, 1.82) is 0 Å². The van der Waals surface area contributed by atoms with Gasteiger partial charge >= 0.3 is 0 Å². The second kappa shape index (κ2) is 11.6. The lowest BCUT2D eigenvalue weighted by Gasteiger charge is -2.15. The van der Waals surface area contributed by atoms with E-state index in [0.29, 0.717) is 12.5 Å². The number of H-pyrrole nitrogens is 1. The molecule has 0 bridgehead atoms. The van der Waals surface area contributed by atoms with Crippen LogP contribution in [0.2, 0.25) is 0 Å². The maximum absolute atomic E-state index is 11.9. The van der Waals surface area contributed by atoms with Crippen molar-refractivity contribution in [3.05, 3.63) is 71.4 Å². The van der Waals surface area contributed by atoms with Crippen LogP contribution in [0.1, 0.15) is 16.7 Å². The quantitative estimate of drug-likeness (QED) is 0.255. The van der Waals surface area contributed by atoms with Crippen LogP contribution in [0.3, 0.4) is 0 Å². The Morgan fingerprint density at radius 1 is 1.07 bits per heavy atom. The fourth-order valence-corrected chi connectivity index (χ4v) is 3.21. The highest BCUT2D eigenvalue weighted by molar-refractivity contribution is 14.0. The predicted octanol–water partition coefficient (Wildman–Crippen LogP) is 3.46. The molecule has 0 atom stereocenters. The Bertz CT molecular complexity index is 982. The van der Waals surface area contributed by atoms with Gasteiger partial charge < -0.3 is 20.5 Å². The van der Waals surface area contributed by atoms with Gasteiger partial charge in [-0.25, -0.2) is 4.99 Å². The summed E-state index contributed by atoms with van der Waals surface area (Å²) >= 11 is 0. The van der Waals surface area contributed by atoms with Crippen molar-refractivity contribution in [2.45, 2.75) is 19.9 Å². The third-order valence-electron chi connectivity index (χ3n) is 4.85. The monoisotopic (exact) mass is 519 g/mol. The van der Waals surface area contributed by atoms with Gasteiger partial charge in [-0.3, -0.25) is 4.79 Å². The molecule has 0 saturated carbocycles. The second-order valence-corrected chi connectivity index (χ2v) is 7.28. The largest absolute Gasteiger partial charge is 0.361 e. The van der Waals surface area contributed by atoms with E-state index in [1.165, 1.54) is 16.5 Å². The number of hydrogen-bond acceptors (Lipinski definition) is 2. The van der Waals surface area contributed by atoms with E-state index in [4.69, 9.17) is 0 Å². The second-order valence-electron chi connectivity index (χ2n) is 7.28. The fourth-order valence-electron chi connectivity index (χ4n) is 3.21. The van der Waals surface area contributed by atoms with Gasteiger partial charge in [0.1, 0.15) is 0 Å². The number of hydrogen-bond donors (Lipinski definition) is 3. The summed E-state index contributed by atoms with van der Waals surface area (Å²) < 4.78 is 0. The lowest BCUT2D eigenvalue weighted by atomic mass is 10.1. The number of rotatable bonds is 7. The number of likely N-dealkylation sites (N-methyl/N-ethyl adjacent to an activating group) is 1. The van der Waals surface area contributed by atoms with Gasteiger partial charge in [-0.05, 0) is 36.1 Å². The maximum atomic E-state index is 11.9. The van der Waals surface area contributed by atoms with E-state index in [1.54, 1.807) is 19.0 Å². The molecule has 0 aliphatic carbocycles. The summed E-state index contributed by atoms with van der Waals surface area (Å²) in [6.07, 6.45) is 2.93. The minimum atomic E-state index is 0. The van der Waals surface area contributed by atoms with Gasteiger partial charge in [0.25, 0.3) is 0 Å². The lowest BCUT2D eigenvalue weighted by Crippen LogP contribution is -2.43. The highest BCUT2D eigenvalue weighted by Crippen LogP contribution is 2.22. The molecule has 2 aromatic carbocycles. The van der Waals surface area contributed by atoms with Crippen molar-refractivity contribution in [3.63, 3.8) is 0 Å². The number of benzene rings is 2. The normalized spacial score (nSPS) is 11.1. The van der Waals surface area contributed by atoms with Crippen molar-refractivity contribution in [2.75, 3.05) is 27.2 Å². The van der Waals surface area contributed by atoms with Crippen LogP contribution in [0.5, 0.6) is 0 Å². The average Bonchev–Trinajstić information content (AvgIpc) is 3.14. The van der Waals surface area contributed by atoms with Crippen molar-refractivity contribution in [1.82, 2.24) is 20.5 Å². The van der Waals surface area contributed by atoms with Gasteiger partial charge in [0.05, 0.1) is 13.1 Å². The standard InChI is InChI=1S/C23H29N5O.HI/c1-17-8-7-11-20-22(17)19(15-25-20)12-13-24-23(27-16-21(29)28(2)3)26-14-18-9-5-4-6-10-18;/h4-11,15,25H,12-14,16H2,1-3H3,(H2,24,26,27);1H. The summed E-state index contributed by atoms with van der Waals surface area (Å²) in [6.45, 7) is 3.62. The predicted molar refractivity (Wildman–Crippen MR) is 134 cm³/mol. The van der Waals surface area contributed by atoms with E-state index < -0.39 is 0 Å².